The molecular weight excluding hydrogens is 522 g/mol. The molecule has 1 N–H and O–H groups in total. The number of anilines is 1. The van der Waals surface area contributed by atoms with Gasteiger partial charge >= 0.3 is 6.03 Å². The second kappa shape index (κ2) is 10.1. The number of halogens is 4. The third-order valence-electron chi connectivity index (χ3n) is 4.84. The van der Waals surface area contributed by atoms with Gasteiger partial charge in [0.25, 0.3) is 11.8 Å². The highest BCUT2D eigenvalue weighted by atomic mass is 35.5. The zero-order chi connectivity index (χ0) is 24.4. The molecule has 4 rings (SSSR count). The number of hydrogen-bond acceptors (Lipinski definition) is 4. The minimum Gasteiger partial charge on any atom is -0.489 e. The number of benzene rings is 3. The molecule has 0 spiro atoms. The highest BCUT2D eigenvalue weighted by Crippen LogP contribution is 2.30. The van der Waals surface area contributed by atoms with E-state index in [0.717, 1.165) is 10.5 Å². The van der Waals surface area contributed by atoms with Crippen molar-refractivity contribution >= 4 is 76.0 Å². The first-order valence-electron chi connectivity index (χ1n) is 9.76. The molecule has 6 nitrogen and oxygen atoms in total. The van der Waals surface area contributed by atoms with Crippen LogP contribution in [-0.4, -0.2) is 17.8 Å². The lowest BCUT2D eigenvalue weighted by Gasteiger charge is -2.26. The smallest absolute Gasteiger partial charge is 0.335 e. The van der Waals surface area contributed by atoms with Crippen LogP contribution in [0.2, 0.25) is 20.1 Å². The number of ether oxygens (including phenoxy) is 1. The molecule has 10 heteroatoms. The summed E-state index contributed by atoms with van der Waals surface area (Å²) in [4.78, 5) is 38.5. The van der Waals surface area contributed by atoms with Gasteiger partial charge < -0.3 is 4.74 Å². The first kappa shape index (κ1) is 24.1. The van der Waals surface area contributed by atoms with Gasteiger partial charge in [-0.25, -0.2) is 9.69 Å². The number of carbonyl (C=O) groups excluding carboxylic acids is 3. The zero-order valence-electron chi connectivity index (χ0n) is 17.2. The predicted octanol–water partition coefficient (Wildman–Crippen LogP) is 6.55. The Kier molecular flexibility index (Phi) is 7.14. The molecule has 0 saturated carbocycles. The molecule has 1 aliphatic heterocycles. The van der Waals surface area contributed by atoms with E-state index in [1.165, 1.54) is 24.3 Å². The Hall–Kier alpha value is -3.03. The fourth-order valence-electron chi connectivity index (χ4n) is 3.14. The number of carbonyl (C=O) groups is 3. The summed E-state index contributed by atoms with van der Waals surface area (Å²) in [6, 6.07) is 15.4. The molecule has 172 valence electrons. The molecule has 1 fully saturated rings. The molecule has 3 aromatic carbocycles. The first-order valence-corrected chi connectivity index (χ1v) is 11.3. The zero-order valence-corrected chi connectivity index (χ0v) is 20.2. The summed E-state index contributed by atoms with van der Waals surface area (Å²) in [5, 5.41) is 3.49. The van der Waals surface area contributed by atoms with Crippen molar-refractivity contribution in [2.75, 3.05) is 4.90 Å². The van der Waals surface area contributed by atoms with Crippen LogP contribution in [0.3, 0.4) is 0 Å². The Morgan fingerprint density at radius 3 is 2.09 bits per heavy atom. The quantitative estimate of drug-likeness (QED) is 0.297. The maximum Gasteiger partial charge on any atom is 0.335 e. The maximum absolute atomic E-state index is 13.0. The van der Waals surface area contributed by atoms with Gasteiger partial charge in [-0.15, -0.1) is 0 Å². The third-order valence-corrected chi connectivity index (χ3v) is 6.32. The number of urea groups is 1. The van der Waals surface area contributed by atoms with Crippen LogP contribution in [0.4, 0.5) is 10.5 Å². The molecule has 1 saturated heterocycles. The average molecular weight is 536 g/mol. The van der Waals surface area contributed by atoms with Crippen molar-refractivity contribution in [2.45, 2.75) is 6.61 Å². The molecule has 1 aliphatic rings. The van der Waals surface area contributed by atoms with Crippen molar-refractivity contribution in [1.29, 1.82) is 0 Å². The second-order valence-corrected chi connectivity index (χ2v) is 8.79. The topological polar surface area (TPSA) is 75.7 Å². The average Bonchev–Trinajstić information content (AvgIpc) is 2.80. The lowest BCUT2D eigenvalue weighted by molar-refractivity contribution is -0.122. The third kappa shape index (κ3) is 5.21. The molecule has 4 amide bonds. The highest BCUT2D eigenvalue weighted by molar-refractivity contribution is 6.43. The van der Waals surface area contributed by atoms with Gasteiger partial charge in [-0.3, -0.25) is 14.9 Å². The summed E-state index contributed by atoms with van der Waals surface area (Å²) >= 11 is 23.9. The number of hydrogen-bond donors (Lipinski definition) is 1. The van der Waals surface area contributed by atoms with Crippen molar-refractivity contribution in [1.82, 2.24) is 5.32 Å². The van der Waals surface area contributed by atoms with E-state index in [0.29, 0.717) is 21.4 Å². The van der Waals surface area contributed by atoms with Crippen LogP contribution in [0.1, 0.15) is 11.1 Å². The Labute approximate surface area is 214 Å². The van der Waals surface area contributed by atoms with E-state index in [4.69, 9.17) is 51.1 Å². The predicted molar refractivity (Wildman–Crippen MR) is 133 cm³/mol. The van der Waals surface area contributed by atoms with Gasteiger partial charge in [-0.2, -0.15) is 0 Å². The van der Waals surface area contributed by atoms with Crippen LogP contribution < -0.4 is 15.0 Å². The van der Waals surface area contributed by atoms with Crippen LogP contribution in [0, 0.1) is 0 Å². The summed E-state index contributed by atoms with van der Waals surface area (Å²) in [7, 11) is 0. The van der Waals surface area contributed by atoms with Crippen LogP contribution in [0.15, 0.2) is 66.2 Å². The summed E-state index contributed by atoms with van der Waals surface area (Å²) in [5.74, 6) is -1.02. The molecule has 0 aromatic heterocycles. The van der Waals surface area contributed by atoms with E-state index in [2.05, 4.69) is 5.32 Å². The van der Waals surface area contributed by atoms with Gasteiger partial charge in [0.1, 0.15) is 17.9 Å². The van der Waals surface area contributed by atoms with Gasteiger partial charge in [-0.05, 0) is 59.7 Å². The summed E-state index contributed by atoms with van der Waals surface area (Å²) in [6.07, 6.45) is 1.39. The lowest BCUT2D eigenvalue weighted by atomic mass is 10.1. The van der Waals surface area contributed by atoms with Crippen molar-refractivity contribution in [3.8, 4) is 5.75 Å². The normalized spacial score (nSPS) is 15.0. The van der Waals surface area contributed by atoms with E-state index < -0.39 is 17.8 Å². The number of amides is 4. The van der Waals surface area contributed by atoms with Gasteiger partial charge in [-0.1, -0.05) is 64.6 Å². The first-order chi connectivity index (χ1) is 16.2. The van der Waals surface area contributed by atoms with Crippen LogP contribution in [0.5, 0.6) is 5.75 Å². The van der Waals surface area contributed by atoms with E-state index >= 15 is 0 Å². The Balaban J connectivity index is 1.52. The molecule has 1 heterocycles. The highest BCUT2D eigenvalue weighted by Gasteiger charge is 2.37. The van der Waals surface area contributed by atoms with Gasteiger partial charge in [0.2, 0.25) is 0 Å². The monoisotopic (exact) mass is 534 g/mol. The van der Waals surface area contributed by atoms with Gasteiger partial charge in [0.15, 0.2) is 0 Å². The van der Waals surface area contributed by atoms with E-state index in [1.54, 1.807) is 42.5 Å². The van der Waals surface area contributed by atoms with Crippen molar-refractivity contribution in [2.24, 2.45) is 0 Å². The number of rotatable bonds is 5. The van der Waals surface area contributed by atoms with Crippen LogP contribution in [-0.2, 0) is 16.2 Å². The van der Waals surface area contributed by atoms with Gasteiger partial charge in [0.05, 0.1) is 25.8 Å². The molecule has 0 bridgehead atoms. The molecule has 0 radical (unpaired) electrons. The molecule has 3 aromatic rings. The summed E-state index contributed by atoms with van der Waals surface area (Å²) in [6.45, 7) is 0.277. The fourth-order valence-corrected chi connectivity index (χ4v) is 3.75. The molecule has 34 heavy (non-hydrogen) atoms. The Morgan fingerprint density at radius 1 is 0.794 bits per heavy atom. The Morgan fingerprint density at radius 2 is 1.44 bits per heavy atom. The summed E-state index contributed by atoms with van der Waals surface area (Å²) in [5.41, 5.74) is 1.37. The maximum atomic E-state index is 13.0. The number of barbiturate groups is 1. The van der Waals surface area contributed by atoms with Crippen molar-refractivity contribution in [3.05, 3.63) is 97.5 Å². The number of nitrogens with one attached hydrogen (secondary N) is 1. The second-order valence-electron chi connectivity index (χ2n) is 7.16. The minimum atomic E-state index is -0.878. The van der Waals surface area contributed by atoms with Crippen LogP contribution in [0.25, 0.3) is 6.08 Å². The van der Waals surface area contributed by atoms with Crippen LogP contribution >= 0.6 is 46.4 Å². The number of nitrogens with zero attached hydrogens (tertiary/aromatic N) is 1. The van der Waals surface area contributed by atoms with E-state index in [-0.39, 0.29) is 27.9 Å². The van der Waals surface area contributed by atoms with Crippen molar-refractivity contribution in [3.63, 3.8) is 0 Å². The molecule has 0 atom stereocenters. The SMILES string of the molecule is O=C1NC(=O)N(c2ccc(Cl)c(Cl)c2)C(=O)/C1=C/c1ccc(OCc2ccc(Cl)c(Cl)c2)cc1. The lowest BCUT2D eigenvalue weighted by Crippen LogP contribution is -2.54. The largest absolute Gasteiger partial charge is 0.489 e. The standard InChI is InChI=1S/C24H14Cl4N2O4/c25-18-7-3-14(10-20(18)27)12-34-16-5-1-13(2-6-16)9-17-22(31)29-24(33)30(23(17)32)15-4-8-19(26)21(28)11-15/h1-11H,12H2,(H,29,31,33)/b17-9+. The molecule has 0 unspecified atom stereocenters. The van der Waals surface area contributed by atoms with Gasteiger partial charge in [0, 0.05) is 0 Å². The fraction of sp³-hybridized carbons (Fsp3) is 0.0417. The van der Waals surface area contributed by atoms with E-state index in [1.807, 2.05) is 0 Å². The van der Waals surface area contributed by atoms with E-state index in [9.17, 15) is 14.4 Å². The summed E-state index contributed by atoms with van der Waals surface area (Å²) < 4.78 is 5.74. The molecule has 0 aliphatic carbocycles. The Bertz CT molecular complexity index is 1340. The number of imide groups is 2. The minimum absolute atomic E-state index is 0.165. The molecular formula is C24H14Cl4N2O4. The van der Waals surface area contributed by atoms with Crippen molar-refractivity contribution < 1.29 is 19.1 Å².